The third kappa shape index (κ3) is 9.18. The van der Waals surface area contributed by atoms with E-state index in [0.29, 0.717) is 12.1 Å². The Balaban J connectivity index is 0.000000362. The number of rotatable bonds is 3. The van der Waals surface area contributed by atoms with E-state index >= 15 is 0 Å². The minimum Gasteiger partial charge on any atom is -0.480 e. The lowest BCUT2D eigenvalue weighted by atomic mass is 9.97. The fraction of sp³-hybridized carbons (Fsp3) is 0.500. The Kier molecular flexibility index (Phi) is 11.4. The molecule has 1 fully saturated rings. The van der Waals surface area contributed by atoms with Gasteiger partial charge in [-0.2, -0.15) is 0 Å². The molecule has 9 heteroatoms. The smallest absolute Gasteiger partial charge is 0.321 e. The molecule has 0 amide bonds. The number of aldehydes is 1. The van der Waals surface area contributed by atoms with Crippen LogP contribution in [0.1, 0.15) is 42.5 Å². The topological polar surface area (TPSA) is 132 Å². The summed E-state index contributed by atoms with van der Waals surface area (Å²) in [5.41, 5.74) is 14.9. The van der Waals surface area contributed by atoms with Crippen LogP contribution in [0.3, 0.4) is 0 Å². The van der Waals surface area contributed by atoms with Crippen molar-refractivity contribution in [1.82, 2.24) is 0 Å². The maximum absolute atomic E-state index is 12.4. The molecule has 0 aromatic heterocycles. The predicted molar refractivity (Wildman–Crippen MR) is 87.4 cm³/mol. The highest BCUT2D eigenvalue weighted by atomic mass is 19.2. The van der Waals surface area contributed by atoms with Crippen LogP contribution in [0.5, 0.6) is 0 Å². The van der Waals surface area contributed by atoms with Gasteiger partial charge in [-0.1, -0.05) is 19.3 Å². The summed E-state index contributed by atoms with van der Waals surface area (Å²) in [6.07, 6.45) is 6.79. The molecular weight excluding hydrogens is 339 g/mol. The van der Waals surface area contributed by atoms with Gasteiger partial charge in [0.05, 0.1) is 5.56 Å². The van der Waals surface area contributed by atoms with Crippen molar-refractivity contribution in [3.05, 3.63) is 35.1 Å². The summed E-state index contributed by atoms with van der Waals surface area (Å²) in [4.78, 5) is 19.7. The molecule has 142 valence electrons. The number of halogens is 3. The standard InChI is InChI=1S/C7H3F3O.C6H13N.C3H8N2O2/c8-5-2-1-4(3-11)6(9)7(5)10;7-6-4-2-1-3-5-6;4-1-2(5)3(6)7/h1-3H;6H,1-5,7H2;2H,1,4-5H2,(H,6,7)/t;;2-/m..0/s1. The van der Waals surface area contributed by atoms with E-state index < -0.39 is 35.0 Å². The van der Waals surface area contributed by atoms with Crippen LogP contribution < -0.4 is 17.2 Å². The molecule has 0 aliphatic heterocycles. The van der Waals surface area contributed by atoms with E-state index in [4.69, 9.17) is 22.3 Å². The Bertz CT molecular complexity index is 553. The summed E-state index contributed by atoms with van der Waals surface area (Å²) in [6, 6.07) is 1.21. The Hall–Kier alpha value is -1.97. The van der Waals surface area contributed by atoms with E-state index in [-0.39, 0.29) is 12.8 Å². The lowest BCUT2D eigenvalue weighted by molar-refractivity contribution is -0.138. The maximum Gasteiger partial charge on any atom is 0.321 e. The van der Waals surface area contributed by atoms with Crippen LogP contribution in [0.15, 0.2) is 12.1 Å². The van der Waals surface area contributed by atoms with Gasteiger partial charge >= 0.3 is 5.97 Å². The number of hydrogen-bond donors (Lipinski definition) is 4. The van der Waals surface area contributed by atoms with E-state index in [1.54, 1.807) is 0 Å². The number of carboxylic acids is 1. The van der Waals surface area contributed by atoms with Crippen LogP contribution in [-0.4, -0.2) is 36.0 Å². The van der Waals surface area contributed by atoms with Crippen molar-refractivity contribution in [3.8, 4) is 0 Å². The number of carboxylic acid groups (broad SMARTS) is 1. The molecule has 7 N–H and O–H groups in total. The molecule has 1 aliphatic rings. The van der Waals surface area contributed by atoms with Crippen LogP contribution in [0.4, 0.5) is 13.2 Å². The van der Waals surface area contributed by atoms with Crippen molar-refractivity contribution >= 4 is 12.3 Å². The summed E-state index contributed by atoms with van der Waals surface area (Å²) in [5, 5.41) is 7.98. The first-order chi connectivity index (χ1) is 11.7. The second kappa shape index (κ2) is 12.4. The number of benzene rings is 1. The van der Waals surface area contributed by atoms with Crippen LogP contribution in [0.25, 0.3) is 0 Å². The first-order valence-electron chi connectivity index (χ1n) is 7.77. The van der Waals surface area contributed by atoms with Gasteiger partial charge in [0.1, 0.15) is 6.04 Å². The summed E-state index contributed by atoms with van der Waals surface area (Å²) in [6.45, 7) is -0.00463. The minimum atomic E-state index is -1.62. The van der Waals surface area contributed by atoms with Crippen molar-refractivity contribution in [2.75, 3.05) is 6.54 Å². The lowest BCUT2D eigenvalue weighted by Crippen LogP contribution is -2.37. The van der Waals surface area contributed by atoms with E-state index in [0.717, 1.165) is 6.07 Å². The normalized spacial score (nSPS) is 15.1. The van der Waals surface area contributed by atoms with Crippen molar-refractivity contribution in [2.24, 2.45) is 17.2 Å². The van der Waals surface area contributed by atoms with Gasteiger partial charge in [0.25, 0.3) is 0 Å². The number of hydrogen-bond acceptors (Lipinski definition) is 5. The van der Waals surface area contributed by atoms with Crippen LogP contribution in [0.2, 0.25) is 0 Å². The molecule has 0 unspecified atom stereocenters. The summed E-state index contributed by atoms with van der Waals surface area (Å²) in [5.74, 6) is -5.41. The molecule has 0 heterocycles. The zero-order chi connectivity index (χ0) is 19.4. The molecule has 0 radical (unpaired) electrons. The Morgan fingerprint density at radius 3 is 2.08 bits per heavy atom. The number of aliphatic carboxylic acids is 1. The highest BCUT2D eigenvalue weighted by Crippen LogP contribution is 2.15. The average Bonchev–Trinajstić information content (AvgIpc) is 2.61. The van der Waals surface area contributed by atoms with Crippen molar-refractivity contribution in [1.29, 1.82) is 0 Å². The molecule has 0 spiro atoms. The van der Waals surface area contributed by atoms with E-state index in [1.807, 2.05) is 0 Å². The van der Waals surface area contributed by atoms with Gasteiger partial charge in [0.15, 0.2) is 23.7 Å². The number of carbonyl (C=O) groups excluding carboxylic acids is 1. The second-order valence-corrected chi connectivity index (χ2v) is 5.46. The van der Waals surface area contributed by atoms with Crippen LogP contribution in [0, 0.1) is 17.5 Å². The second-order valence-electron chi connectivity index (χ2n) is 5.46. The van der Waals surface area contributed by atoms with E-state index in [2.05, 4.69) is 0 Å². The zero-order valence-electron chi connectivity index (χ0n) is 13.8. The SMILES string of the molecule is NC1CCCCC1.NC[C@H](N)C(=O)O.O=Cc1ccc(F)c(F)c1F. The molecule has 1 aliphatic carbocycles. The third-order valence-electron chi connectivity index (χ3n) is 3.41. The van der Waals surface area contributed by atoms with Crippen molar-refractivity contribution < 1.29 is 27.9 Å². The largest absolute Gasteiger partial charge is 0.480 e. The Morgan fingerprint density at radius 1 is 1.20 bits per heavy atom. The number of nitrogens with two attached hydrogens (primary N) is 3. The molecule has 25 heavy (non-hydrogen) atoms. The van der Waals surface area contributed by atoms with Gasteiger partial charge in [-0.25, -0.2) is 13.2 Å². The molecule has 0 saturated heterocycles. The van der Waals surface area contributed by atoms with Gasteiger partial charge in [-0.15, -0.1) is 0 Å². The monoisotopic (exact) mass is 363 g/mol. The Morgan fingerprint density at radius 2 is 1.76 bits per heavy atom. The molecule has 1 aromatic carbocycles. The zero-order valence-corrected chi connectivity index (χ0v) is 13.8. The predicted octanol–water partition coefficient (Wildman–Crippen LogP) is 1.55. The van der Waals surface area contributed by atoms with Gasteiger partial charge < -0.3 is 22.3 Å². The quantitative estimate of drug-likeness (QED) is 0.476. The lowest BCUT2D eigenvalue weighted by Gasteiger charge is -2.15. The van der Waals surface area contributed by atoms with Crippen molar-refractivity contribution in [2.45, 2.75) is 44.2 Å². The fourth-order valence-electron chi connectivity index (χ4n) is 1.87. The van der Waals surface area contributed by atoms with Gasteiger partial charge in [0, 0.05) is 12.6 Å². The molecule has 1 atom stereocenters. The summed E-state index contributed by atoms with van der Waals surface area (Å²) < 4.78 is 36.9. The van der Waals surface area contributed by atoms with Crippen molar-refractivity contribution in [3.63, 3.8) is 0 Å². The highest BCUT2D eigenvalue weighted by Gasteiger charge is 2.11. The number of carbonyl (C=O) groups is 2. The molecule has 6 nitrogen and oxygen atoms in total. The first-order valence-corrected chi connectivity index (χ1v) is 7.77. The molecule has 1 aromatic rings. The fourth-order valence-corrected chi connectivity index (χ4v) is 1.87. The van der Waals surface area contributed by atoms with E-state index in [9.17, 15) is 22.8 Å². The van der Waals surface area contributed by atoms with Gasteiger partial charge in [-0.05, 0) is 25.0 Å². The highest BCUT2D eigenvalue weighted by molar-refractivity contribution is 5.75. The van der Waals surface area contributed by atoms with Gasteiger partial charge in [0.2, 0.25) is 0 Å². The van der Waals surface area contributed by atoms with Gasteiger partial charge in [-0.3, -0.25) is 9.59 Å². The Labute approximate surface area is 144 Å². The molecule has 1 saturated carbocycles. The summed E-state index contributed by atoms with van der Waals surface area (Å²) in [7, 11) is 0. The molecule has 2 rings (SSSR count). The average molecular weight is 363 g/mol. The third-order valence-corrected chi connectivity index (χ3v) is 3.41. The van der Waals surface area contributed by atoms with E-state index in [1.165, 1.54) is 32.1 Å². The van der Waals surface area contributed by atoms with Crippen LogP contribution in [-0.2, 0) is 4.79 Å². The minimum absolute atomic E-state index is 0.00463. The summed E-state index contributed by atoms with van der Waals surface area (Å²) >= 11 is 0. The molecule has 0 bridgehead atoms. The molecular formula is C16H24F3N3O3. The van der Waals surface area contributed by atoms with Crippen LogP contribution >= 0.6 is 0 Å². The maximum atomic E-state index is 12.4. The first kappa shape index (κ1) is 23.0.